The van der Waals surface area contributed by atoms with Gasteiger partial charge in [-0.05, 0) is 23.4 Å². The first kappa shape index (κ1) is 19.3. The fourth-order valence-electron chi connectivity index (χ4n) is 4.43. The Morgan fingerprint density at radius 1 is 1.10 bits per heavy atom. The summed E-state index contributed by atoms with van der Waals surface area (Å²) < 4.78 is 8.19. The summed E-state index contributed by atoms with van der Waals surface area (Å²) in [6.07, 6.45) is 4.22. The molecular formula is C22H24N4O3S. The number of hydrogen-bond acceptors (Lipinski definition) is 5. The molecule has 1 unspecified atom stereocenters. The molecule has 156 valence electrons. The maximum Gasteiger partial charge on any atom is 0.264 e. The van der Waals surface area contributed by atoms with Gasteiger partial charge in [0.05, 0.1) is 29.9 Å². The number of hydrogen-bond donors (Lipinski definition) is 0. The number of morpholine rings is 1. The highest BCUT2D eigenvalue weighted by molar-refractivity contribution is 7.21. The van der Waals surface area contributed by atoms with Gasteiger partial charge in [-0.1, -0.05) is 18.2 Å². The molecule has 0 radical (unpaired) electrons. The molecule has 2 amide bonds. The number of benzene rings is 1. The molecule has 1 aromatic carbocycles. The number of nitrogens with zero attached hydrogens (tertiary/aromatic N) is 4. The van der Waals surface area contributed by atoms with E-state index in [9.17, 15) is 9.59 Å². The van der Waals surface area contributed by atoms with E-state index in [1.54, 1.807) is 28.4 Å². The van der Waals surface area contributed by atoms with Gasteiger partial charge in [0, 0.05) is 50.0 Å². The number of fused-ring (bicyclic) bond motifs is 1. The summed E-state index contributed by atoms with van der Waals surface area (Å²) in [5, 5.41) is 5.26. The molecule has 4 heterocycles. The monoisotopic (exact) mass is 424 g/mol. The van der Waals surface area contributed by atoms with Crippen molar-refractivity contribution < 1.29 is 14.3 Å². The first-order valence-corrected chi connectivity index (χ1v) is 11.1. The molecular weight excluding hydrogens is 400 g/mol. The quantitative estimate of drug-likeness (QED) is 0.648. The van der Waals surface area contributed by atoms with Gasteiger partial charge >= 0.3 is 0 Å². The molecule has 8 heteroatoms. The Kier molecular flexibility index (Phi) is 5.04. The molecule has 3 aromatic rings. The molecule has 2 aromatic heterocycles. The van der Waals surface area contributed by atoms with Crippen molar-refractivity contribution in [1.29, 1.82) is 0 Å². The number of likely N-dealkylation sites (tertiary alicyclic amines) is 1. The average molecular weight is 425 g/mol. The van der Waals surface area contributed by atoms with Crippen LogP contribution in [-0.4, -0.2) is 70.8 Å². The van der Waals surface area contributed by atoms with Crippen molar-refractivity contribution in [3.05, 3.63) is 52.7 Å². The van der Waals surface area contributed by atoms with Gasteiger partial charge in [0.25, 0.3) is 11.8 Å². The molecule has 5 rings (SSSR count). The number of ether oxygens (including phenoxy) is 1. The Bertz CT molecular complexity index is 1100. The van der Waals surface area contributed by atoms with E-state index < -0.39 is 0 Å². The van der Waals surface area contributed by atoms with E-state index >= 15 is 0 Å². The van der Waals surface area contributed by atoms with Crippen molar-refractivity contribution in [2.24, 2.45) is 7.05 Å². The molecule has 0 N–H and O–H groups in total. The van der Waals surface area contributed by atoms with Crippen LogP contribution in [-0.2, 0) is 11.8 Å². The maximum absolute atomic E-state index is 13.4. The third-order valence-electron chi connectivity index (χ3n) is 5.96. The van der Waals surface area contributed by atoms with Gasteiger partial charge in [-0.15, -0.1) is 11.3 Å². The van der Waals surface area contributed by atoms with Crippen molar-refractivity contribution in [1.82, 2.24) is 19.6 Å². The average Bonchev–Trinajstić information content (AvgIpc) is 3.51. The van der Waals surface area contributed by atoms with Crippen LogP contribution in [0.3, 0.4) is 0 Å². The standard InChI is InChI=1S/C22H24N4O3S/c1-24-13-16(12-23-24)21(27)26-7-6-15(14-26)19-17-4-2-3-5-18(17)30-20(19)22(28)25-8-10-29-11-9-25/h2-5,12-13,15H,6-11,14H2,1H3. The molecule has 7 nitrogen and oxygen atoms in total. The number of aryl methyl sites for hydroxylation is 1. The zero-order valence-corrected chi connectivity index (χ0v) is 17.7. The van der Waals surface area contributed by atoms with Crippen LogP contribution in [0.1, 0.15) is 37.9 Å². The van der Waals surface area contributed by atoms with E-state index in [2.05, 4.69) is 17.2 Å². The number of aromatic nitrogens is 2. The van der Waals surface area contributed by atoms with E-state index in [0.29, 0.717) is 45.0 Å². The van der Waals surface area contributed by atoms with E-state index in [0.717, 1.165) is 26.9 Å². The fraction of sp³-hybridized carbons (Fsp3) is 0.409. The van der Waals surface area contributed by atoms with E-state index in [1.807, 2.05) is 29.0 Å². The number of carbonyl (C=O) groups is 2. The lowest BCUT2D eigenvalue weighted by Gasteiger charge is -2.27. The molecule has 30 heavy (non-hydrogen) atoms. The second-order valence-electron chi connectivity index (χ2n) is 7.89. The minimum Gasteiger partial charge on any atom is -0.378 e. The highest BCUT2D eigenvalue weighted by Gasteiger charge is 2.34. The molecule has 2 aliphatic rings. The Morgan fingerprint density at radius 2 is 1.90 bits per heavy atom. The molecule has 1 atom stereocenters. The Morgan fingerprint density at radius 3 is 2.67 bits per heavy atom. The van der Waals surface area contributed by atoms with Gasteiger partial charge in [0.15, 0.2) is 0 Å². The van der Waals surface area contributed by atoms with Crippen LogP contribution in [0.5, 0.6) is 0 Å². The van der Waals surface area contributed by atoms with E-state index in [4.69, 9.17) is 4.74 Å². The third kappa shape index (κ3) is 3.40. The Balaban J connectivity index is 1.46. The number of amides is 2. The lowest BCUT2D eigenvalue weighted by molar-refractivity contribution is 0.0305. The van der Waals surface area contributed by atoms with E-state index in [-0.39, 0.29) is 17.7 Å². The summed E-state index contributed by atoms with van der Waals surface area (Å²) in [5.74, 6) is 0.250. The van der Waals surface area contributed by atoms with Crippen molar-refractivity contribution >= 4 is 33.2 Å². The molecule has 0 aliphatic carbocycles. The lowest BCUT2D eigenvalue weighted by atomic mass is 9.94. The number of thiophene rings is 1. The lowest BCUT2D eigenvalue weighted by Crippen LogP contribution is -2.40. The van der Waals surface area contributed by atoms with Crippen LogP contribution in [0.2, 0.25) is 0 Å². The Labute approximate surface area is 178 Å². The van der Waals surface area contributed by atoms with Gasteiger partial charge in [-0.25, -0.2) is 0 Å². The van der Waals surface area contributed by atoms with Crippen LogP contribution in [0, 0.1) is 0 Å². The zero-order valence-electron chi connectivity index (χ0n) is 16.9. The number of rotatable bonds is 3. The summed E-state index contributed by atoms with van der Waals surface area (Å²) in [5.41, 5.74) is 1.71. The molecule has 0 spiro atoms. The smallest absolute Gasteiger partial charge is 0.264 e. The third-order valence-corrected chi connectivity index (χ3v) is 7.14. The minimum atomic E-state index is 0.00573. The highest BCUT2D eigenvalue weighted by atomic mass is 32.1. The van der Waals surface area contributed by atoms with Crippen LogP contribution < -0.4 is 0 Å². The predicted molar refractivity (Wildman–Crippen MR) is 115 cm³/mol. The largest absolute Gasteiger partial charge is 0.378 e. The van der Waals surface area contributed by atoms with Gasteiger partial charge in [-0.3, -0.25) is 14.3 Å². The number of carbonyl (C=O) groups excluding carboxylic acids is 2. The van der Waals surface area contributed by atoms with Crippen molar-refractivity contribution in [3.8, 4) is 0 Å². The van der Waals surface area contributed by atoms with Crippen molar-refractivity contribution in [3.63, 3.8) is 0 Å². The second-order valence-corrected chi connectivity index (χ2v) is 8.94. The fourth-order valence-corrected chi connectivity index (χ4v) is 5.69. The van der Waals surface area contributed by atoms with Crippen LogP contribution in [0.15, 0.2) is 36.7 Å². The van der Waals surface area contributed by atoms with Gasteiger partial charge < -0.3 is 14.5 Å². The summed E-state index contributed by atoms with van der Waals surface area (Å²) in [7, 11) is 1.81. The predicted octanol–water partition coefficient (Wildman–Crippen LogP) is 2.74. The molecule has 2 saturated heterocycles. The van der Waals surface area contributed by atoms with Crippen LogP contribution in [0.4, 0.5) is 0 Å². The zero-order chi connectivity index (χ0) is 20.7. The van der Waals surface area contributed by atoms with E-state index in [1.165, 1.54) is 0 Å². The van der Waals surface area contributed by atoms with Crippen molar-refractivity contribution in [2.45, 2.75) is 12.3 Å². The maximum atomic E-state index is 13.4. The van der Waals surface area contributed by atoms with Crippen molar-refractivity contribution in [2.75, 3.05) is 39.4 Å². The first-order chi connectivity index (χ1) is 14.6. The molecule has 2 fully saturated rings. The highest BCUT2D eigenvalue weighted by Crippen LogP contribution is 2.41. The summed E-state index contributed by atoms with van der Waals surface area (Å²) in [6, 6.07) is 8.21. The minimum absolute atomic E-state index is 0.00573. The van der Waals surface area contributed by atoms with Crippen LogP contribution >= 0.6 is 11.3 Å². The SMILES string of the molecule is Cn1cc(C(=O)N2CCC(c3c(C(=O)N4CCOCC4)sc4ccccc34)C2)cn1. The van der Waals surface area contributed by atoms with Gasteiger partial charge in [0.2, 0.25) is 0 Å². The summed E-state index contributed by atoms with van der Waals surface area (Å²) in [4.78, 5) is 30.9. The molecule has 0 saturated carbocycles. The normalized spacial score (nSPS) is 19.6. The topological polar surface area (TPSA) is 67.7 Å². The van der Waals surface area contributed by atoms with Gasteiger partial charge in [-0.2, -0.15) is 5.10 Å². The Hall–Kier alpha value is -2.71. The second kappa shape index (κ2) is 7.85. The van der Waals surface area contributed by atoms with Gasteiger partial charge in [0.1, 0.15) is 0 Å². The van der Waals surface area contributed by atoms with Crippen LogP contribution in [0.25, 0.3) is 10.1 Å². The molecule has 2 aliphatic heterocycles. The summed E-state index contributed by atoms with van der Waals surface area (Å²) >= 11 is 1.57. The molecule has 0 bridgehead atoms. The first-order valence-electron chi connectivity index (χ1n) is 10.3. The summed E-state index contributed by atoms with van der Waals surface area (Å²) in [6.45, 7) is 3.74.